The van der Waals surface area contributed by atoms with Crippen molar-refractivity contribution in [3.8, 4) is 0 Å². The molecule has 1 unspecified atom stereocenters. The average Bonchev–Trinajstić information content (AvgIpc) is 3.02. The van der Waals surface area contributed by atoms with Gasteiger partial charge in [-0.3, -0.25) is 0 Å². The lowest BCUT2D eigenvalue weighted by atomic mass is 10.1. The van der Waals surface area contributed by atoms with Gasteiger partial charge in [-0.05, 0) is 55.3 Å². The predicted octanol–water partition coefficient (Wildman–Crippen LogP) is 9.93. The molecule has 4 rings (SSSR count). The molecule has 0 amide bonds. The molecule has 0 saturated carbocycles. The number of hydrogen-bond acceptors (Lipinski definition) is 0. The molecule has 0 bridgehead atoms. The minimum Gasteiger partial charge on any atom is -0.0654 e. The van der Waals surface area contributed by atoms with Crippen LogP contribution in [0, 0.1) is 0 Å². The number of hydrogen-bond donors (Lipinski definition) is 0. The van der Waals surface area contributed by atoms with Crippen molar-refractivity contribution < 1.29 is 0 Å². The first-order valence-corrected chi connectivity index (χ1v) is 18.6. The summed E-state index contributed by atoms with van der Waals surface area (Å²) in [5.74, 6) is 0. The van der Waals surface area contributed by atoms with Crippen molar-refractivity contribution in [2.75, 3.05) is 6.16 Å². The molecular weight excluding hydrogens is 518 g/mol. The first-order valence-electron chi connectivity index (χ1n) is 15.6. The third-order valence-electron chi connectivity index (χ3n) is 7.85. The molecule has 4 aromatic carbocycles. The lowest BCUT2D eigenvalue weighted by Crippen LogP contribution is -2.27. The summed E-state index contributed by atoms with van der Waals surface area (Å²) in [6, 6.07) is 45.5. The molecule has 0 aliphatic carbocycles. The summed E-state index contributed by atoms with van der Waals surface area (Å²) in [7, 11) is -0.873. The Kier molecular flexibility index (Phi) is 14.0. The second-order valence-corrected chi connectivity index (χ2v) is 15.7. The fraction of sp³-hybridized carbons (Fsp3) is 0.368. The molecule has 210 valence electrons. The molecule has 0 fully saturated rings. The topological polar surface area (TPSA) is 0 Å². The minimum atomic E-state index is -0.448. The van der Waals surface area contributed by atoms with Gasteiger partial charge in [-0.2, -0.15) is 0 Å². The first-order chi connectivity index (χ1) is 19.9. The second-order valence-electron chi connectivity index (χ2n) is 10.9. The van der Waals surface area contributed by atoms with Crippen molar-refractivity contribution in [3.05, 3.63) is 121 Å². The lowest BCUT2D eigenvalue weighted by Gasteiger charge is -2.32. The van der Waals surface area contributed by atoms with Crippen molar-refractivity contribution in [1.82, 2.24) is 0 Å². The van der Waals surface area contributed by atoms with Gasteiger partial charge in [0.2, 0.25) is 0 Å². The zero-order valence-electron chi connectivity index (χ0n) is 24.5. The van der Waals surface area contributed by atoms with Gasteiger partial charge in [0, 0.05) is 0 Å². The highest BCUT2D eigenvalue weighted by Gasteiger charge is 2.28. The van der Waals surface area contributed by atoms with Gasteiger partial charge in [-0.25, -0.2) is 0 Å². The van der Waals surface area contributed by atoms with Crippen molar-refractivity contribution in [3.63, 3.8) is 0 Å². The maximum Gasteiger partial charge on any atom is -0.00835 e. The maximum atomic E-state index is 2.39. The summed E-state index contributed by atoms with van der Waals surface area (Å²) < 4.78 is 0. The smallest absolute Gasteiger partial charge is 0.00835 e. The van der Waals surface area contributed by atoms with Crippen LogP contribution in [0.2, 0.25) is 0 Å². The molecule has 0 nitrogen and oxygen atoms in total. The molecule has 40 heavy (non-hydrogen) atoms. The standard InChI is InChI=1S/C38H48P2/c1-2-3-4-5-6-7-8-9-10-15-32-38(40(36-28-20-13-21-29-36)37-30-22-14-23-31-37)33-39(34-24-16-11-17-25-34)35-26-18-12-19-27-35/h11-14,16-31,38H,2-10,15,32-33H2,1H3. The van der Waals surface area contributed by atoms with E-state index in [4.69, 9.17) is 0 Å². The highest BCUT2D eigenvalue weighted by Crippen LogP contribution is 2.48. The molecule has 0 aliphatic rings. The highest BCUT2D eigenvalue weighted by molar-refractivity contribution is 7.77. The Morgan fingerprint density at radius 2 is 0.775 bits per heavy atom. The van der Waals surface area contributed by atoms with E-state index in [-0.39, 0.29) is 0 Å². The fourth-order valence-electron chi connectivity index (χ4n) is 5.70. The second kappa shape index (κ2) is 18.2. The van der Waals surface area contributed by atoms with Crippen LogP contribution in [0.25, 0.3) is 0 Å². The molecule has 0 spiro atoms. The fourth-order valence-corrected chi connectivity index (χ4v) is 11.8. The first kappa shape index (κ1) is 30.7. The summed E-state index contributed by atoms with van der Waals surface area (Å²) in [6.07, 6.45) is 16.5. The van der Waals surface area contributed by atoms with E-state index in [9.17, 15) is 0 Å². The molecule has 2 heteroatoms. The van der Waals surface area contributed by atoms with Gasteiger partial charge in [0.05, 0.1) is 0 Å². The Hall–Kier alpha value is -2.26. The lowest BCUT2D eigenvalue weighted by molar-refractivity contribution is 0.549. The molecule has 0 aliphatic heterocycles. The quantitative estimate of drug-likeness (QED) is 0.0830. The zero-order chi connectivity index (χ0) is 27.7. The predicted molar refractivity (Wildman–Crippen MR) is 183 cm³/mol. The SMILES string of the molecule is CCCCCCCCCCCCC(CP(c1ccccc1)c1ccccc1)P(c1ccccc1)c1ccccc1. The normalized spacial score (nSPS) is 12.2. The average molecular weight is 567 g/mol. The molecule has 4 aromatic rings. The molecule has 0 heterocycles. The third kappa shape index (κ3) is 9.98. The van der Waals surface area contributed by atoms with Crippen molar-refractivity contribution in [1.29, 1.82) is 0 Å². The maximum absolute atomic E-state index is 2.39. The molecule has 1 atom stereocenters. The molecule has 0 N–H and O–H groups in total. The number of benzene rings is 4. The minimum absolute atomic E-state index is 0.425. The third-order valence-corrected chi connectivity index (χ3v) is 13.7. The molecular formula is C38H48P2. The van der Waals surface area contributed by atoms with Crippen LogP contribution in [0.1, 0.15) is 77.6 Å². The Labute approximate surface area is 247 Å². The summed E-state index contributed by atoms with van der Waals surface area (Å²) in [4.78, 5) is 0. The zero-order valence-corrected chi connectivity index (χ0v) is 26.3. The van der Waals surface area contributed by atoms with E-state index in [1.54, 1.807) is 0 Å². The summed E-state index contributed by atoms with van der Waals surface area (Å²) in [5, 5.41) is 6.06. The van der Waals surface area contributed by atoms with E-state index < -0.39 is 15.8 Å². The Balaban J connectivity index is 1.53. The number of unbranched alkanes of at least 4 members (excludes halogenated alkanes) is 9. The van der Waals surface area contributed by atoms with E-state index >= 15 is 0 Å². The van der Waals surface area contributed by atoms with Crippen LogP contribution >= 0.6 is 15.8 Å². The largest absolute Gasteiger partial charge is 0.0654 e. The van der Waals surface area contributed by atoms with Crippen LogP contribution < -0.4 is 21.2 Å². The van der Waals surface area contributed by atoms with Crippen LogP contribution in [0.5, 0.6) is 0 Å². The number of rotatable bonds is 18. The summed E-state index contributed by atoms with van der Waals surface area (Å²) in [6.45, 7) is 2.30. The van der Waals surface area contributed by atoms with Gasteiger partial charge < -0.3 is 0 Å². The van der Waals surface area contributed by atoms with Gasteiger partial charge in [0.1, 0.15) is 0 Å². The van der Waals surface area contributed by atoms with Gasteiger partial charge in [-0.1, -0.05) is 192 Å². The Bertz CT molecular complexity index is 1080. The van der Waals surface area contributed by atoms with E-state index in [1.165, 1.54) is 98.0 Å². The van der Waals surface area contributed by atoms with Gasteiger partial charge in [0.15, 0.2) is 0 Å². The van der Waals surface area contributed by atoms with Gasteiger partial charge >= 0.3 is 0 Å². The summed E-state index contributed by atoms with van der Waals surface area (Å²) in [5.41, 5.74) is 0.653. The van der Waals surface area contributed by atoms with Crippen LogP contribution in [0.4, 0.5) is 0 Å². The van der Waals surface area contributed by atoms with Gasteiger partial charge in [-0.15, -0.1) is 0 Å². The van der Waals surface area contributed by atoms with Crippen molar-refractivity contribution in [2.24, 2.45) is 0 Å². The van der Waals surface area contributed by atoms with E-state index in [1.807, 2.05) is 0 Å². The Morgan fingerprint density at radius 1 is 0.425 bits per heavy atom. The van der Waals surface area contributed by atoms with Crippen LogP contribution in [0.15, 0.2) is 121 Å². The van der Waals surface area contributed by atoms with Crippen molar-refractivity contribution in [2.45, 2.75) is 83.2 Å². The van der Waals surface area contributed by atoms with E-state index in [0.29, 0.717) is 5.66 Å². The molecule has 0 saturated heterocycles. The monoisotopic (exact) mass is 566 g/mol. The summed E-state index contributed by atoms with van der Waals surface area (Å²) >= 11 is 0. The van der Waals surface area contributed by atoms with E-state index in [2.05, 4.69) is 128 Å². The molecule has 0 radical (unpaired) electrons. The van der Waals surface area contributed by atoms with Crippen molar-refractivity contribution >= 4 is 37.1 Å². The van der Waals surface area contributed by atoms with Crippen LogP contribution in [-0.2, 0) is 0 Å². The Morgan fingerprint density at radius 3 is 1.18 bits per heavy atom. The highest BCUT2D eigenvalue weighted by atomic mass is 31.1. The van der Waals surface area contributed by atoms with Gasteiger partial charge in [0.25, 0.3) is 0 Å². The van der Waals surface area contributed by atoms with E-state index in [0.717, 1.165) is 0 Å². The molecule has 0 aromatic heterocycles. The van der Waals surface area contributed by atoms with Crippen LogP contribution in [-0.4, -0.2) is 11.8 Å². The van der Waals surface area contributed by atoms with Crippen LogP contribution in [0.3, 0.4) is 0 Å².